The molecule has 0 aliphatic carbocycles. The fraction of sp³-hybridized carbons (Fsp3) is 0.400. The lowest BCUT2D eigenvalue weighted by molar-refractivity contribution is -0.402. The highest BCUT2D eigenvalue weighted by atomic mass is 16.6. The van der Waals surface area contributed by atoms with Crippen LogP contribution >= 0.6 is 0 Å². The Kier molecular flexibility index (Phi) is 8.06. The Labute approximate surface area is 140 Å². The normalized spacial score (nSPS) is 14.0. The molecule has 0 saturated carbocycles. The first-order chi connectivity index (χ1) is 11.6. The van der Waals surface area contributed by atoms with E-state index in [1.54, 1.807) is 25.4 Å². The molecule has 9 heteroatoms. The molecule has 0 amide bonds. The molecule has 1 aliphatic rings. The minimum Gasteiger partial charge on any atom is -0.406 e. The summed E-state index contributed by atoms with van der Waals surface area (Å²) in [6.07, 6.45) is 3.58. The van der Waals surface area contributed by atoms with E-state index in [0.29, 0.717) is 5.76 Å². The zero-order valence-corrected chi connectivity index (χ0v) is 13.8. The average Bonchev–Trinajstić information content (AvgIpc) is 3.06. The molecule has 3 rings (SSSR count). The molecule has 0 spiro atoms. The molecule has 1 fully saturated rings. The van der Waals surface area contributed by atoms with Gasteiger partial charge in [-0.3, -0.25) is 10.1 Å². The Morgan fingerprint density at radius 2 is 1.75 bits per heavy atom. The van der Waals surface area contributed by atoms with Crippen molar-refractivity contribution in [1.82, 2.24) is 14.9 Å². The largest absolute Gasteiger partial charge is 0.433 e. The van der Waals surface area contributed by atoms with Crippen LogP contribution in [0, 0.1) is 17.0 Å². The van der Waals surface area contributed by atoms with Gasteiger partial charge in [-0.15, -0.1) is 0 Å². The molecular formula is C15H21N5O4. The molecule has 1 saturated heterocycles. The van der Waals surface area contributed by atoms with Crippen LogP contribution in [0.2, 0.25) is 0 Å². The van der Waals surface area contributed by atoms with Gasteiger partial charge in [0.05, 0.1) is 6.07 Å². The molecule has 0 radical (unpaired) electrons. The van der Waals surface area contributed by atoms with Crippen molar-refractivity contribution in [2.45, 2.75) is 6.92 Å². The molecule has 2 aromatic heterocycles. The molecule has 0 unspecified atom stereocenters. The van der Waals surface area contributed by atoms with Crippen molar-refractivity contribution >= 4 is 18.6 Å². The molecule has 0 aromatic carbocycles. The predicted octanol–water partition coefficient (Wildman–Crippen LogP) is 1.54. The molecule has 0 N–H and O–H groups in total. The SMILES string of the molecule is C=O.CN1CCN(c2ncccn2)CC1.Cc1ccc([N+](=O)[O-])o1. The van der Waals surface area contributed by atoms with Gasteiger partial charge in [0, 0.05) is 38.6 Å². The van der Waals surface area contributed by atoms with Gasteiger partial charge in [-0.1, -0.05) is 0 Å². The minimum absolute atomic E-state index is 0.201. The fourth-order valence-corrected chi connectivity index (χ4v) is 1.98. The van der Waals surface area contributed by atoms with Gasteiger partial charge in [0.2, 0.25) is 5.95 Å². The van der Waals surface area contributed by atoms with Gasteiger partial charge in [-0.25, -0.2) is 9.97 Å². The molecule has 2 aromatic rings. The molecule has 1 aliphatic heterocycles. The standard InChI is InChI=1S/C9H14N4.C5H5NO3.CH2O/c1-12-5-7-13(8-6-12)9-10-3-2-4-11-9;1-4-2-3-5(9-4)6(7)8;1-2/h2-4H,5-8H2,1H3;2-3H,1H3;1H2. The first-order valence-electron chi connectivity index (χ1n) is 7.26. The summed E-state index contributed by atoms with van der Waals surface area (Å²) < 4.78 is 4.65. The summed E-state index contributed by atoms with van der Waals surface area (Å²) in [5.74, 6) is 1.21. The zero-order valence-electron chi connectivity index (χ0n) is 13.8. The van der Waals surface area contributed by atoms with Gasteiger partial charge in [0.1, 0.15) is 17.5 Å². The maximum absolute atomic E-state index is 9.93. The number of carbonyl (C=O) groups is 1. The van der Waals surface area contributed by atoms with Crippen LogP contribution < -0.4 is 4.90 Å². The van der Waals surface area contributed by atoms with Gasteiger partial charge in [-0.2, -0.15) is 0 Å². The summed E-state index contributed by atoms with van der Waals surface area (Å²) in [6.45, 7) is 7.91. The van der Waals surface area contributed by atoms with Crippen molar-refractivity contribution in [3.8, 4) is 0 Å². The second-order valence-corrected chi connectivity index (χ2v) is 4.98. The lowest BCUT2D eigenvalue weighted by atomic mass is 10.3. The summed E-state index contributed by atoms with van der Waals surface area (Å²) in [5.41, 5.74) is 0. The molecule has 24 heavy (non-hydrogen) atoms. The maximum Gasteiger partial charge on any atom is 0.433 e. The van der Waals surface area contributed by atoms with E-state index in [-0.39, 0.29) is 5.88 Å². The van der Waals surface area contributed by atoms with Crippen LogP contribution in [0.25, 0.3) is 0 Å². The number of carbonyl (C=O) groups excluding carboxylic acids is 1. The van der Waals surface area contributed by atoms with E-state index >= 15 is 0 Å². The molecule has 130 valence electrons. The number of nitro groups is 1. The topological polar surface area (TPSA) is 106 Å². The second-order valence-electron chi connectivity index (χ2n) is 4.98. The van der Waals surface area contributed by atoms with Gasteiger partial charge in [0.25, 0.3) is 0 Å². The smallest absolute Gasteiger partial charge is 0.406 e. The van der Waals surface area contributed by atoms with E-state index in [1.165, 1.54) is 6.07 Å². The van der Waals surface area contributed by atoms with E-state index < -0.39 is 4.92 Å². The number of rotatable bonds is 2. The van der Waals surface area contributed by atoms with Crippen LogP contribution in [0.3, 0.4) is 0 Å². The van der Waals surface area contributed by atoms with E-state index in [0.717, 1.165) is 32.1 Å². The van der Waals surface area contributed by atoms with Crippen molar-refractivity contribution < 1.29 is 14.1 Å². The van der Waals surface area contributed by atoms with Crippen LogP contribution in [-0.2, 0) is 4.79 Å². The molecule has 9 nitrogen and oxygen atoms in total. The van der Waals surface area contributed by atoms with Crippen LogP contribution in [0.1, 0.15) is 5.76 Å². The highest BCUT2D eigenvalue weighted by Gasteiger charge is 2.15. The van der Waals surface area contributed by atoms with Crippen LogP contribution in [-0.4, -0.2) is 59.8 Å². The summed E-state index contributed by atoms with van der Waals surface area (Å²) in [7, 11) is 2.14. The third-order valence-corrected chi connectivity index (χ3v) is 3.24. The van der Waals surface area contributed by atoms with Crippen molar-refractivity contribution in [2.24, 2.45) is 0 Å². The minimum atomic E-state index is -0.562. The summed E-state index contributed by atoms with van der Waals surface area (Å²) in [6, 6.07) is 4.73. The number of aryl methyl sites for hydroxylation is 1. The highest BCUT2D eigenvalue weighted by molar-refractivity contribution is 5.28. The third kappa shape index (κ3) is 6.13. The van der Waals surface area contributed by atoms with E-state index in [2.05, 4.69) is 31.2 Å². The lowest BCUT2D eigenvalue weighted by Gasteiger charge is -2.32. The molecule has 0 atom stereocenters. The lowest BCUT2D eigenvalue weighted by Crippen LogP contribution is -2.45. The monoisotopic (exact) mass is 335 g/mol. The first-order valence-corrected chi connectivity index (χ1v) is 7.26. The maximum atomic E-state index is 9.93. The third-order valence-electron chi connectivity index (χ3n) is 3.24. The summed E-state index contributed by atoms with van der Waals surface area (Å²) in [5, 5.41) is 9.93. The number of aromatic nitrogens is 2. The Morgan fingerprint density at radius 3 is 2.17 bits per heavy atom. The van der Waals surface area contributed by atoms with Gasteiger partial charge >= 0.3 is 5.88 Å². The van der Waals surface area contributed by atoms with Crippen molar-refractivity contribution in [3.63, 3.8) is 0 Å². The number of hydrogen-bond acceptors (Lipinski definition) is 8. The van der Waals surface area contributed by atoms with Crippen molar-refractivity contribution in [1.29, 1.82) is 0 Å². The Bertz CT molecular complexity index is 611. The van der Waals surface area contributed by atoms with Crippen LogP contribution in [0.15, 0.2) is 35.0 Å². The van der Waals surface area contributed by atoms with Gasteiger partial charge in [-0.05, 0) is 26.1 Å². The van der Waals surface area contributed by atoms with Crippen LogP contribution in [0.5, 0.6) is 0 Å². The number of piperazine rings is 1. The molecule has 0 bridgehead atoms. The van der Waals surface area contributed by atoms with Crippen molar-refractivity contribution in [2.75, 3.05) is 38.1 Å². The number of likely N-dealkylation sites (N-methyl/N-ethyl adjacent to an activating group) is 1. The zero-order chi connectivity index (χ0) is 17.9. The number of nitrogens with zero attached hydrogens (tertiary/aromatic N) is 5. The summed E-state index contributed by atoms with van der Waals surface area (Å²) >= 11 is 0. The summed E-state index contributed by atoms with van der Waals surface area (Å²) in [4.78, 5) is 30.4. The van der Waals surface area contributed by atoms with Gasteiger partial charge < -0.3 is 19.0 Å². The Morgan fingerprint density at radius 1 is 1.17 bits per heavy atom. The van der Waals surface area contributed by atoms with Crippen molar-refractivity contribution in [3.05, 3.63) is 46.5 Å². The molecular weight excluding hydrogens is 314 g/mol. The van der Waals surface area contributed by atoms with E-state index in [4.69, 9.17) is 4.79 Å². The Hall–Kier alpha value is -2.81. The quantitative estimate of drug-likeness (QED) is 0.601. The first kappa shape index (κ1) is 19.2. The van der Waals surface area contributed by atoms with E-state index in [9.17, 15) is 10.1 Å². The Balaban J connectivity index is 0.000000230. The predicted molar refractivity (Wildman–Crippen MR) is 89.0 cm³/mol. The van der Waals surface area contributed by atoms with E-state index in [1.807, 2.05) is 12.9 Å². The van der Waals surface area contributed by atoms with Crippen LogP contribution in [0.4, 0.5) is 11.8 Å². The molecule has 3 heterocycles. The highest BCUT2D eigenvalue weighted by Crippen LogP contribution is 2.13. The average molecular weight is 335 g/mol. The number of furan rings is 1. The second kappa shape index (κ2) is 10.1. The number of anilines is 1. The number of hydrogen-bond donors (Lipinski definition) is 0. The van der Waals surface area contributed by atoms with Gasteiger partial charge in [0.15, 0.2) is 0 Å². The fourth-order valence-electron chi connectivity index (χ4n) is 1.98.